The van der Waals surface area contributed by atoms with Gasteiger partial charge < -0.3 is 14.0 Å². The summed E-state index contributed by atoms with van der Waals surface area (Å²) in [4.78, 5) is 0. The maximum Gasteiger partial charge on any atom is 0.136 e. The summed E-state index contributed by atoms with van der Waals surface area (Å²) in [6.07, 6.45) is 6.57. The molecule has 0 amide bonds. The van der Waals surface area contributed by atoms with Crippen LogP contribution in [0, 0.1) is 0 Å². The molecule has 51 heavy (non-hydrogen) atoms. The van der Waals surface area contributed by atoms with Gasteiger partial charge >= 0.3 is 0 Å². The molecule has 2 atom stereocenters. The number of nitrogens with zero attached hydrogens (tertiary/aromatic N) is 1. The van der Waals surface area contributed by atoms with Gasteiger partial charge in [-0.2, -0.15) is 0 Å². The number of ether oxygens (including phenoxy) is 2. The van der Waals surface area contributed by atoms with Gasteiger partial charge in [-0.15, -0.1) is 0 Å². The average molecular weight is 656 g/mol. The van der Waals surface area contributed by atoms with Crippen LogP contribution in [0.4, 0.5) is 0 Å². The molecule has 0 saturated heterocycles. The first kappa shape index (κ1) is 29.3. The van der Waals surface area contributed by atoms with E-state index in [1.54, 1.807) is 0 Å². The summed E-state index contributed by atoms with van der Waals surface area (Å²) in [6.45, 7) is 0. The lowest BCUT2D eigenvalue weighted by atomic mass is 9.84. The third kappa shape index (κ3) is 4.89. The van der Waals surface area contributed by atoms with E-state index in [0.717, 1.165) is 61.9 Å². The highest BCUT2D eigenvalue weighted by Gasteiger charge is 2.32. The summed E-state index contributed by atoms with van der Waals surface area (Å²) in [5.74, 6) is 2.39. The lowest BCUT2D eigenvalue weighted by Crippen LogP contribution is -2.26. The fourth-order valence-electron chi connectivity index (χ4n) is 7.92. The monoisotopic (exact) mass is 655 g/mol. The van der Waals surface area contributed by atoms with Crippen molar-refractivity contribution < 1.29 is 9.47 Å². The number of benzene rings is 7. The Morgan fingerprint density at radius 2 is 1.14 bits per heavy atom. The van der Waals surface area contributed by atoms with Crippen LogP contribution in [-0.4, -0.2) is 10.7 Å². The molecule has 2 heterocycles. The summed E-state index contributed by atoms with van der Waals surface area (Å²) in [7, 11) is 0. The van der Waals surface area contributed by atoms with Crippen LogP contribution in [0.1, 0.15) is 17.0 Å². The molecule has 1 aromatic heterocycles. The van der Waals surface area contributed by atoms with E-state index in [2.05, 4.69) is 174 Å². The van der Waals surface area contributed by atoms with Crippen molar-refractivity contribution in [3.05, 3.63) is 199 Å². The second kappa shape index (κ2) is 12.1. The van der Waals surface area contributed by atoms with E-state index in [4.69, 9.17) is 9.47 Å². The SMILES string of the molecule is C1=CC2c3ccccc3Oc3ccccc3-c3cccc(-c4ccccc4)c3OC2C=C1c1cccc2c3ccccc3n(-c3ccccc3)c12. The molecule has 0 fully saturated rings. The van der Waals surface area contributed by atoms with E-state index in [9.17, 15) is 0 Å². The maximum atomic E-state index is 7.42. The van der Waals surface area contributed by atoms with Gasteiger partial charge in [-0.05, 0) is 47.5 Å². The van der Waals surface area contributed by atoms with E-state index in [-0.39, 0.29) is 12.0 Å². The van der Waals surface area contributed by atoms with Crippen molar-refractivity contribution in [2.75, 3.05) is 0 Å². The van der Waals surface area contributed by atoms with Crippen molar-refractivity contribution in [3.63, 3.8) is 0 Å². The first-order chi connectivity index (χ1) is 25.3. The molecule has 0 saturated carbocycles. The van der Waals surface area contributed by atoms with Crippen LogP contribution < -0.4 is 9.47 Å². The Bertz CT molecular complexity index is 2650. The van der Waals surface area contributed by atoms with Gasteiger partial charge in [0, 0.05) is 50.2 Å². The molecule has 3 nitrogen and oxygen atoms in total. The summed E-state index contributed by atoms with van der Waals surface area (Å²) in [5.41, 5.74) is 11.0. The van der Waals surface area contributed by atoms with Crippen LogP contribution in [0.25, 0.3) is 55.3 Å². The van der Waals surface area contributed by atoms with Crippen LogP contribution >= 0.6 is 0 Å². The van der Waals surface area contributed by atoms with Gasteiger partial charge in [0.05, 0.1) is 11.0 Å². The van der Waals surface area contributed by atoms with Gasteiger partial charge in [-0.3, -0.25) is 0 Å². The van der Waals surface area contributed by atoms with Gasteiger partial charge in [0.25, 0.3) is 0 Å². The first-order valence-corrected chi connectivity index (χ1v) is 17.5. The molecule has 8 aromatic rings. The molecule has 3 heteroatoms. The zero-order valence-corrected chi connectivity index (χ0v) is 27.8. The van der Waals surface area contributed by atoms with Crippen molar-refractivity contribution in [2.45, 2.75) is 12.0 Å². The van der Waals surface area contributed by atoms with Crippen LogP contribution in [0.2, 0.25) is 0 Å². The highest BCUT2D eigenvalue weighted by Crippen LogP contribution is 2.49. The van der Waals surface area contributed by atoms with Gasteiger partial charge in [0.2, 0.25) is 0 Å². The zero-order valence-electron chi connectivity index (χ0n) is 27.8. The van der Waals surface area contributed by atoms with E-state index in [1.165, 1.54) is 21.8 Å². The maximum absolute atomic E-state index is 7.42. The van der Waals surface area contributed by atoms with Gasteiger partial charge in [0.15, 0.2) is 0 Å². The van der Waals surface area contributed by atoms with E-state index in [0.29, 0.717) is 0 Å². The molecular weight excluding hydrogens is 623 g/mol. The lowest BCUT2D eigenvalue weighted by molar-refractivity contribution is 0.232. The summed E-state index contributed by atoms with van der Waals surface area (Å²) < 4.78 is 16.6. The van der Waals surface area contributed by atoms with Crippen molar-refractivity contribution in [1.82, 2.24) is 4.57 Å². The van der Waals surface area contributed by atoms with Crippen LogP contribution in [-0.2, 0) is 0 Å². The molecule has 1 aliphatic heterocycles. The molecule has 0 radical (unpaired) electrons. The topological polar surface area (TPSA) is 23.4 Å². The highest BCUT2D eigenvalue weighted by molar-refractivity contribution is 6.13. The number of rotatable bonds is 3. The lowest BCUT2D eigenvalue weighted by Gasteiger charge is -2.32. The molecule has 1 aliphatic carbocycles. The number of allylic oxidation sites excluding steroid dienone is 2. The minimum absolute atomic E-state index is 0.0916. The third-order valence-corrected chi connectivity index (χ3v) is 10.2. The first-order valence-electron chi connectivity index (χ1n) is 17.5. The normalized spacial score (nSPS) is 16.2. The molecular formula is C48H33NO2. The van der Waals surface area contributed by atoms with Gasteiger partial charge in [-0.1, -0.05) is 152 Å². The Morgan fingerprint density at radius 3 is 2.02 bits per heavy atom. The highest BCUT2D eigenvalue weighted by atomic mass is 16.5. The Hall–Kier alpha value is -6.58. The average Bonchev–Trinajstić information content (AvgIpc) is 3.54. The Labute approximate surface area is 297 Å². The molecule has 0 N–H and O–H groups in total. The number of para-hydroxylation sites is 6. The molecule has 7 aromatic carbocycles. The molecule has 0 spiro atoms. The molecule has 2 aliphatic rings. The Balaban J connectivity index is 1.22. The van der Waals surface area contributed by atoms with Crippen LogP contribution in [0.5, 0.6) is 17.2 Å². The van der Waals surface area contributed by atoms with Gasteiger partial charge in [0.1, 0.15) is 23.4 Å². The minimum atomic E-state index is -0.326. The van der Waals surface area contributed by atoms with E-state index in [1.807, 2.05) is 18.2 Å². The Morgan fingerprint density at radius 1 is 0.490 bits per heavy atom. The van der Waals surface area contributed by atoms with E-state index < -0.39 is 0 Å². The second-order valence-electron chi connectivity index (χ2n) is 13.2. The second-order valence-corrected chi connectivity index (χ2v) is 13.2. The van der Waals surface area contributed by atoms with Crippen molar-refractivity contribution >= 4 is 27.4 Å². The molecule has 10 rings (SSSR count). The molecule has 242 valence electrons. The van der Waals surface area contributed by atoms with Crippen LogP contribution in [0.3, 0.4) is 0 Å². The minimum Gasteiger partial charge on any atom is -0.484 e. The van der Waals surface area contributed by atoms with E-state index >= 15 is 0 Å². The molecule has 0 bridgehead atoms. The number of hydrogen-bond donors (Lipinski definition) is 0. The fraction of sp³-hybridized carbons (Fsp3) is 0.0417. The third-order valence-electron chi connectivity index (χ3n) is 10.2. The van der Waals surface area contributed by atoms with Crippen molar-refractivity contribution in [2.24, 2.45) is 0 Å². The van der Waals surface area contributed by atoms with Crippen LogP contribution in [0.15, 0.2) is 188 Å². The smallest absolute Gasteiger partial charge is 0.136 e. The van der Waals surface area contributed by atoms with Crippen molar-refractivity contribution in [1.29, 1.82) is 0 Å². The predicted molar refractivity (Wildman–Crippen MR) is 209 cm³/mol. The predicted octanol–water partition coefficient (Wildman–Crippen LogP) is 12.4. The number of aromatic nitrogens is 1. The summed E-state index contributed by atoms with van der Waals surface area (Å²) in [6, 6.07) is 59.6. The number of hydrogen-bond acceptors (Lipinski definition) is 2. The van der Waals surface area contributed by atoms with Gasteiger partial charge in [-0.25, -0.2) is 0 Å². The summed E-state index contributed by atoms with van der Waals surface area (Å²) >= 11 is 0. The largest absolute Gasteiger partial charge is 0.484 e. The standard InChI is InChI=1S/C48H33NO2/c1-3-15-32(16-4-1)36-23-14-25-42-39-21-9-12-28-45(39)50-44-27-11-8-20-38(44)40-30-29-33(31-46(40)51-48(36)42)35-22-13-24-41-37-19-7-10-26-43(37)49(47(35)41)34-17-5-2-6-18-34/h1-31,40,46H. The molecule has 2 unspecified atom stereocenters. The quantitative estimate of drug-likeness (QED) is 0.189. The van der Waals surface area contributed by atoms with Crippen molar-refractivity contribution in [3.8, 4) is 45.2 Å². The summed E-state index contributed by atoms with van der Waals surface area (Å²) in [5, 5.41) is 2.46. The Kier molecular flexibility index (Phi) is 6.95. The number of fused-ring (bicyclic) bond motifs is 9. The zero-order chi connectivity index (χ0) is 33.7. The fourth-order valence-corrected chi connectivity index (χ4v) is 7.92.